The lowest BCUT2D eigenvalue weighted by Crippen LogP contribution is -2.47. The zero-order valence-electron chi connectivity index (χ0n) is 10.3. The SMILES string of the molecule is Cn1c(=O)n(C(C)(C)C)c(=O)c2cncnc21. The summed E-state index contributed by atoms with van der Waals surface area (Å²) in [6.45, 7) is 5.43. The Balaban J connectivity index is 3.09. The molecule has 0 atom stereocenters. The van der Waals surface area contributed by atoms with Gasteiger partial charge in [-0.1, -0.05) is 0 Å². The quantitative estimate of drug-likeness (QED) is 0.655. The van der Waals surface area contributed by atoms with Gasteiger partial charge in [0.1, 0.15) is 11.7 Å². The van der Waals surface area contributed by atoms with Crippen molar-refractivity contribution in [1.29, 1.82) is 0 Å². The summed E-state index contributed by atoms with van der Waals surface area (Å²) in [5.41, 5.74) is -0.934. The van der Waals surface area contributed by atoms with Crippen LogP contribution in [0.1, 0.15) is 20.8 Å². The summed E-state index contributed by atoms with van der Waals surface area (Å²) in [4.78, 5) is 32.1. The molecule has 90 valence electrons. The van der Waals surface area contributed by atoms with E-state index in [1.807, 2.05) is 20.8 Å². The van der Waals surface area contributed by atoms with Crippen molar-refractivity contribution in [3.05, 3.63) is 33.4 Å². The molecule has 2 aromatic rings. The average Bonchev–Trinajstić information content (AvgIpc) is 2.24. The van der Waals surface area contributed by atoms with Gasteiger partial charge in [-0.2, -0.15) is 0 Å². The van der Waals surface area contributed by atoms with Crippen LogP contribution in [0.2, 0.25) is 0 Å². The van der Waals surface area contributed by atoms with Gasteiger partial charge < -0.3 is 0 Å². The molecule has 17 heavy (non-hydrogen) atoms. The van der Waals surface area contributed by atoms with Crippen LogP contribution in [-0.2, 0) is 12.6 Å². The molecular formula is C11H14N4O2. The normalized spacial score (nSPS) is 12.0. The van der Waals surface area contributed by atoms with Crippen LogP contribution in [0.3, 0.4) is 0 Å². The third-order valence-corrected chi connectivity index (χ3v) is 2.59. The molecule has 0 spiro atoms. The third-order valence-electron chi connectivity index (χ3n) is 2.59. The molecule has 0 N–H and O–H groups in total. The highest BCUT2D eigenvalue weighted by Gasteiger charge is 2.21. The first kappa shape index (κ1) is 11.5. The largest absolute Gasteiger partial charge is 0.332 e. The first-order chi connectivity index (χ1) is 7.84. The van der Waals surface area contributed by atoms with Gasteiger partial charge in [0.2, 0.25) is 0 Å². The molecule has 6 nitrogen and oxygen atoms in total. The summed E-state index contributed by atoms with van der Waals surface area (Å²) in [5.74, 6) is 0. The van der Waals surface area contributed by atoms with E-state index in [4.69, 9.17) is 0 Å². The smallest absolute Gasteiger partial charge is 0.280 e. The van der Waals surface area contributed by atoms with E-state index in [-0.39, 0.29) is 11.2 Å². The van der Waals surface area contributed by atoms with Crippen molar-refractivity contribution in [3.63, 3.8) is 0 Å². The van der Waals surface area contributed by atoms with Crippen LogP contribution in [0.5, 0.6) is 0 Å². The zero-order chi connectivity index (χ0) is 12.8. The maximum absolute atomic E-state index is 12.2. The summed E-state index contributed by atoms with van der Waals surface area (Å²) in [6, 6.07) is 0. The standard InChI is InChI=1S/C11H14N4O2/c1-11(2,3)15-9(16)7-5-12-6-13-8(7)14(4)10(15)17/h5-6H,1-4H3. The lowest BCUT2D eigenvalue weighted by atomic mass is 10.1. The first-order valence-electron chi connectivity index (χ1n) is 5.26. The number of rotatable bonds is 0. The molecule has 0 aliphatic carbocycles. The predicted octanol–water partition coefficient (Wildman–Crippen LogP) is 0.245. The van der Waals surface area contributed by atoms with Crippen molar-refractivity contribution >= 4 is 11.0 Å². The van der Waals surface area contributed by atoms with Crippen LogP contribution in [0.15, 0.2) is 22.1 Å². The van der Waals surface area contributed by atoms with E-state index in [0.717, 1.165) is 0 Å². The fourth-order valence-corrected chi connectivity index (χ4v) is 1.78. The van der Waals surface area contributed by atoms with Gasteiger partial charge in [-0.3, -0.25) is 13.9 Å². The summed E-state index contributed by atoms with van der Waals surface area (Å²) >= 11 is 0. The molecule has 0 saturated heterocycles. The number of fused-ring (bicyclic) bond motifs is 1. The van der Waals surface area contributed by atoms with Gasteiger partial charge in [0.25, 0.3) is 5.56 Å². The van der Waals surface area contributed by atoms with Crippen molar-refractivity contribution in [2.24, 2.45) is 7.05 Å². The van der Waals surface area contributed by atoms with Crippen LogP contribution in [0.25, 0.3) is 11.0 Å². The Kier molecular flexibility index (Phi) is 2.38. The molecule has 2 heterocycles. The minimum absolute atomic E-state index is 0.351. The van der Waals surface area contributed by atoms with Crippen molar-refractivity contribution in [2.45, 2.75) is 26.3 Å². The molecular weight excluding hydrogens is 220 g/mol. The molecule has 0 aliphatic heterocycles. The highest BCUT2D eigenvalue weighted by atomic mass is 16.2. The second kappa shape index (κ2) is 3.51. The van der Waals surface area contributed by atoms with Gasteiger partial charge in [0.05, 0.1) is 0 Å². The van der Waals surface area contributed by atoms with Gasteiger partial charge in [-0.15, -0.1) is 0 Å². The van der Waals surface area contributed by atoms with Gasteiger partial charge in [0, 0.05) is 18.8 Å². The Morgan fingerprint density at radius 3 is 2.47 bits per heavy atom. The molecule has 6 heteroatoms. The minimum Gasteiger partial charge on any atom is -0.280 e. The number of aryl methyl sites for hydroxylation is 1. The molecule has 0 aliphatic rings. The Morgan fingerprint density at radius 2 is 1.88 bits per heavy atom. The number of hydrogen-bond donors (Lipinski definition) is 0. The summed E-state index contributed by atoms with van der Waals surface area (Å²) < 4.78 is 2.59. The number of hydrogen-bond acceptors (Lipinski definition) is 4. The molecule has 0 fully saturated rings. The fourth-order valence-electron chi connectivity index (χ4n) is 1.78. The van der Waals surface area contributed by atoms with Crippen LogP contribution in [0, 0.1) is 0 Å². The lowest BCUT2D eigenvalue weighted by molar-refractivity contribution is 0.362. The van der Waals surface area contributed by atoms with Gasteiger partial charge in [0.15, 0.2) is 5.65 Å². The second-order valence-electron chi connectivity index (χ2n) is 4.91. The van der Waals surface area contributed by atoms with Crippen LogP contribution >= 0.6 is 0 Å². The summed E-state index contributed by atoms with van der Waals surface area (Å²) in [5, 5.41) is 0.351. The van der Waals surface area contributed by atoms with E-state index in [1.54, 1.807) is 7.05 Å². The van der Waals surface area contributed by atoms with Gasteiger partial charge in [-0.25, -0.2) is 14.8 Å². The maximum atomic E-state index is 12.2. The van der Waals surface area contributed by atoms with Crippen molar-refractivity contribution < 1.29 is 0 Å². The van der Waals surface area contributed by atoms with E-state index in [0.29, 0.717) is 11.0 Å². The molecule has 0 bridgehead atoms. The third kappa shape index (κ3) is 1.65. The molecule has 0 radical (unpaired) electrons. The van der Waals surface area contributed by atoms with Gasteiger partial charge >= 0.3 is 5.69 Å². The molecule has 0 aromatic carbocycles. The summed E-state index contributed by atoms with van der Waals surface area (Å²) in [6.07, 6.45) is 2.76. The molecule has 0 amide bonds. The van der Waals surface area contributed by atoms with Crippen LogP contribution in [-0.4, -0.2) is 19.1 Å². The van der Waals surface area contributed by atoms with Crippen molar-refractivity contribution in [3.8, 4) is 0 Å². The number of nitrogens with zero attached hydrogens (tertiary/aromatic N) is 4. The highest BCUT2D eigenvalue weighted by molar-refractivity contribution is 5.72. The number of aromatic nitrogens is 4. The molecule has 0 unspecified atom stereocenters. The van der Waals surface area contributed by atoms with E-state index >= 15 is 0 Å². The fraction of sp³-hybridized carbons (Fsp3) is 0.455. The molecule has 2 aromatic heterocycles. The predicted molar refractivity (Wildman–Crippen MR) is 64.0 cm³/mol. The van der Waals surface area contributed by atoms with E-state index < -0.39 is 5.54 Å². The van der Waals surface area contributed by atoms with Crippen molar-refractivity contribution in [1.82, 2.24) is 19.1 Å². The van der Waals surface area contributed by atoms with Gasteiger partial charge in [-0.05, 0) is 20.8 Å². The van der Waals surface area contributed by atoms with Crippen LogP contribution in [0.4, 0.5) is 0 Å². The zero-order valence-corrected chi connectivity index (χ0v) is 10.3. The Labute approximate surface area is 97.6 Å². The monoisotopic (exact) mass is 234 g/mol. The van der Waals surface area contributed by atoms with E-state index in [1.165, 1.54) is 21.7 Å². The lowest BCUT2D eigenvalue weighted by Gasteiger charge is -2.22. The molecule has 0 saturated carbocycles. The van der Waals surface area contributed by atoms with E-state index in [2.05, 4.69) is 9.97 Å². The van der Waals surface area contributed by atoms with Crippen molar-refractivity contribution in [2.75, 3.05) is 0 Å². The minimum atomic E-state index is -0.573. The average molecular weight is 234 g/mol. The summed E-state index contributed by atoms with van der Waals surface area (Å²) in [7, 11) is 1.60. The Bertz CT molecular complexity index is 691. The molecule has 2 rings (SSSR count). The van der Waals surface area contributed by atoms with Crippen LogP contribution < -0.4 is 11.2 Å². The Hall–Kier alpha value is -1.98. The Morgan fingerprint density at radius 1 is 1.24 bits per heavy atom. The topological polar surface area (TPSA) is 69.8 Å². The maximum Gasteiger partial charge on any atom is 0.332 e. The second-order valence-corrected chi connectivity index (χ2v) is 4.91. The van der Waals surface area contributed by atoms with E-state index in [9.17, 15) is 9.59 Å². The first-order valence-corrected chi connectivity index (χ1v) is 5.26. The highest BCUT2D eigenvalue weighted by Crippen LogP contribution is 2.09.